The van der Waals surface area contributed by atoms with Crippen LogP contribution >= 0.6 is 0 Å². The van der Waals surface area contributed by atoms with E-state index in [-0.39, 0.29) is 0 Å². The summed E-state index contributed by atoms with van der Waals surface area (Å²) in [4.78, 5) is 2.37. The Morgan fingerprint density at radius 2 is 0.603 bits per heavy atom. The molecule has 3 nitrogen and oxygen atoms in total. The van der Waals surface area contributed by atoms with Gasteiger partial charge in [0.25, 0.3) is 0 Å². The van der Waals surface area contributed by atoms with Gasteiger partial charge in [-0.1, -0.05) is 170 Å². The van der Waals surface area contributed by atoms with E-state index < -0.39 is 0 Å². The third-order valence-corrected chi connectivity index (χ3v) is 12.5. The Labute approximate surface area is 366 Å². The van der Waals surface area contributed by atoms with Gasteiger partial charge < -0.3 is 14.0 Å². The van der Waals surface area contributed by atoms with Crippen molar-refractivity contribution in [2.24, 2.45) is 0 Å². The van der Waals surface area contributed by atoms with Crippen LogP contribution < -0.4 is 4.90 Å². The molecule has 2 heterocycles. The molecule has 0 saturated heterocycles. The molecule has 0 atom stereocenters. The van der Waals surface area contributed by atoms with Crippen LogP contribution in [0.15, 0.2) is 249 Å². The van der Waals surface area contributed by atoms with Crippen molar-refractivity contribution in [1.29, 1.82) is 0 Å². The second-order valence-electron chi connectivity index (χ2n) is 16.1. The van der Waals surface area contributed by atoms with Crippen molar-refractivity contribution in [1.82, 2.24) is 9.13 Å². The van der Waals surface area contributed by atoms with E-state index in [4.69, 9.17) is 0 Å². The van der Waals surface area contributed by atoms with Gasteiger partial charge in [-0.3, -0.25) is 0 Å². The number of nitrogens with zero attached hydrogens (tertiary/aromatic N) is 3. The molecule has 0 fully saturated rings. The lowest BCUT2D eigenvalue weighted by Gasteiger charge is -2.26. The fourth-order valence-corrected chi connectivity index (χ4v) is 9.68. The first kappa shape index (κ1) is 36.5. The molecule has 0 spiro atoms. The summed E-state index contributed by atoms with van der Waals surface area (Å²) >= 11 is 0. The highest BCUT2D eigenvalue weighted by molar-refractivity contribution is 6.14. The molecule has 296 valence electrons. The number of para-hydroxylation sites is 5. The molecule has 3 heteroatoms. The third kappa shape index (κ3) is 6.21. The Balaban J connectivity index is 0.981. The van der Waals surface area contributed by atoms with Gasteiger partial charge in [0.05, 0.1) is 22.1 Å². The number of hydrogen-bond acceptors (Lipinski definition) is 1. The average molecular weight is 804 g/mol. The zero-order valence-electron chi connectivity index (χ0n) is 34.5. The first-order chi connectivity index (χ1) is 31.3. The Morgan fingerprint density at radius 3 is 1.16 bits per heavy atom. The molecule has 0 saturated carbocycles. The summed E-state index contributed by atoms with van der Waals surface area (Å²) in [5.74, 6) is 0. The minimum atomic E-state index is 1.08. The first-order valence-corrected chi connectivity index (χ1v) is 21.6. The van der Waals surface area contributed by atoms with E-state index in [1.807, 2.05) is 0 Å². The summed E-state index contributed by atoms with van der Waals surface area (Å²) in [6.45, 7) is 0. The van der Waals surface area contributed by atoms with Crippen molar-refractivity contribution in [3.8, 4) is 44.8 Å². The number of aromatic nitrogens is 2. The predicted molar refractivity (Wildman–Crippen MR) is 266 cm³/mol. The van der Waals surface area contributed by atoms with Crippen LogP contribution in [0.1, 0.15) is 0 Å². The van der Waals surface area contributed by atoms with Crippen molar-refractivity contribution < 1.29 is 0 Å². The highest BCUT2D eigenvalue weighted by Crippen LogP contribution is 2.42. The van der Waals surface area contributed by atoms with Gasteiger partial charge in [0.15, 0.2) is 0 Å². The number of hydrogen-bond donors (Lipinski definition) is 0. The molecule has 0 radical (unpaired) electrons. The summed E-state index contributed by atoms with van der Waals surface area (Å²) in [5.41, 5.74) is 17.5. The second kappa shape index (κ2) is 15.3. The van der Waals surface area contributed by atoms with E-state index in [2.05, 4.69) is 263 Å². The van der Waals surface area contributed by atoms with Crippen molar-refractivity contribution in [3.63, 3.8) is 0 Å². The lowest BCUT2D eigenvalue weighted by molar-refractivity contribution is 1.17. The zero-order valence-corrected chi connectivity index (χ0v) is 34.5. The molecule has 10 aromatic carbocycles. The smallest absolute Gasteiger partial charge is 0.0619 e. The quantitative estimate of drug-likeness (QED) is 0.149. The van der Waals surface area contributed by atoms with Gasteiger partial charge in [0, 0.05) is 55.5 Å². The molecule has 2 aromatic heterocycles. The van der Waals surface area contributed by atoms with Gasteiger partial charge in [-0.2, -0.15) is 0 Å². The second-order valence-corrected chi connectivity index (χ2v) is 16.1. The van der Waals surface area contributed by atoms with E-state index in [9.17, 15) is 0 Å². The highest BCUT2D eigenvalue weighted by atomic mass is 15.1. The Bertz CT molecular complexity index is 3530. The van der Waals surface area contributed by atoms with Gasteiger partial charge in [-0.25, -0.2) is 0 Å². The third-order valence-electron chi connectivity index (χ3n) is 12.5. The topological polar surface area (TPSA) is 13.1 Å². The predicted octanol–water partition coefficient (Wildman–Crippen LogP) is 16.4. The molecule has 0 unspecified atom stereocenters. The number of benzene rings is 10. The maximum Gasteiger partial charge on any atom is 0.0619 e. The minimum Gasteiger partial charge on any atom is -0.311 e. The van der Waals surface area contributed by atoms with Crippen LogP contribution in [-0.4, -0.2) is 9.13 Å². The standard InChI is InChI=1S/C60H41N3/c1-3-16-42(17-4-1)50-20-7-8-21-51(50)43-30-34-46(35-31-43)61(48-38-40-49(41-39-48)62-57-27-12-9-22-53(57)54-23-10-13-28-58(54)62)47-36-32-44(33-37-47)52-25-15-26-56-55-24-11-14-29-59(55)63(60(52)56)45-18-5-2-6-19-45/h1-41H. The largest absolute Gasteiger partial charge is 0.311 e. The Hall–Kier alpha value is -8.40. The van der Waals surface area contributed by atoms with E-state index in [0.717, 1.165) is 28.4 Å². The molecule has 0 bridgehead atoms. The van der Waals surface area contributed by atoms with E-state index >= 15 is 0 Å². The maximum absolute atomic E-state index is 2.41. The maximum atomic E-state index is 2.41. The zero-order chi connectivity index (χ0) is 41.7. The lowest BCUT2D eigenvalue weighted by atomic mass is 9.94. The van der Waals surface area contributed by atoms with E-state index in [1.54, 1.807) is 0 Å². The molecular formula is C60H41N3. The van der Waals surface area contributed by atoms with Crippen LogP contribution in [0.5, 0.6) is 0 Å². The number of rotatable bonds is 8. The van der Waals surface area contributed by atoms with Crippen molar-refractivity contribution in [2.75, 3.05) is 4.90 Å². The summed E-state index contributed by atoms with van der Waals surface area (Å²) in [6, 6.07) is 90.0. The molecule has 12 rings (SSSR count). The first-order valence-electron chi connectivity index (χ1n) is 21.6. The number of fused-ring (bicyclic) bond motifs is 6. The van der Waals surface area contributed by atoms with Gasteiger partial charge >= 0.3 is 0 Å². The van der Waals surface area contributed by atoms with Crippen molar-refractivity contribution in [3.05, 3.63) is 249 Å². The van der Waals surface area contributed by atoms with Crippen molar-refractivity contribution in [2.45, 2.75) is 0 Å². The normalized spacial score (nSPS) is 11.5. The van der Waals surface area contributed by atoms with Crippen LogP contribution in [0.4, 0.5) is 17.1 Å². The molecule has 0 aliphatic carbocycles. The minimum absolute atomic E-state index is 1.08. The molecule has 0 N–H and O–H groups in total. The van der Waals surface area contributed by atoms with Crippen LogP contribution in [0.2, 0.25) is 0 Å². The summed E-state index contributed by atoms with van der Waals surface area (Å²) in [6.07, 6.45) is 0. The van der Waals surface area contributed by atoms with Gasteiger partial charge in [-0.05, 0) is 107 Å². The summed E-state index contributed by atoms with van der Waals surface area (Å²) in [7, 11) is 0. The molecule has 0 aliphatic heterocycles. The van der Waals surface area contributed by atoms with E-state index in [0.29, 0.717) is 0 Å². The van der Waals surface area contributed by atoms with Gasteiger partial charge in [-0.15, -0.1) is 0 Å². The fraction of sp³-hybridized carbons (Fsp3) is 0. The lowest BCUT2D eigenvalue weighted by Crippen LogP contribution is -2.10. The Morgan fingerprint density at radius 1 is 0.238 bits per heavy atom. The van der Waals surface area contributed by atoms with Crippen molar-refractivity contribution >= 4 is 60.7 Å². The van der Waals surface area contributed by atoms with Crippen LogP contribution in [0.25, 0.3) is 88.4 Å². The van der Waals surface area contributed by atoms with E-state index in [1.165, 1.54) is 77.0 Å². The average Bonchev–Trinajstić information content (AvgIpc) is 3.89. The molecule has 0 amide bonds. The summed E-state index contributed by atoms with van der Waals surface area (Å²) in [5, 5.41) is 5.01. The van der Waals surface area contributed by atoms with Crippen LogP contribution in [-0.2, 0) is 0 Å². The van der Waals surface area contributed by atoms with Gasteiger partial charge in [0.2, 0.25) is 0 Å². The SMILES string of the molecule is c1ccc(-c2ccccc2-c2ccc(N(c3ccc(-c4cccc5c6ccccc6n(-c6ccccc6)c45)cc3)c3ccc(-n4c5ccccc5c5ccccc54)cc3)cc2)cc1. The molecular weight excluding hydrogens is 763 g/mol. The van der Waals surface area contributed by atoms with Crippen LogP contribution in [0, 0.1) is 0 Å². The molecule has 0 aliphatic rings. The summed E-state index contributed by atoms with van der Waals surface area (Å²) < 4.78 is 4.79. The fourth-order valence-electron chi connectivity index (χ4n) is 9.68. The molecule has 63 heavy (non-hydrogen) atoms. The molecule has 12 aromatic rings. The van der Waals surface area contributed by atoms with Gasteiger partial charge in [0.1, 0.15) is 0 Å². The number of anilines is 3. The monoisotopic (exact) mass is 803 g/mol. The van der Waals surface area contributed by atoms with Crippen LogP contribution in [0.3, 0.4) is 0 Å². The highest BCUT2D eigenvalue weighted by Gasteiger charge is 2.19. The Kier molecular flexibility index (Phi) is 8.83.